The van der Waals surface area contributed by atoms with Crippen LogP contribution in [0.5, 0.6) is 11.6 Å². The topological polar surface area (TPSA) is 69.7 Å². The standard InChI is InChI=1S/C21H18FN3O2/c22-18-9-11-19(12-10-18)27-20-13-8-17(15-24-20)21(23)25-26-14-4-7-16-5-2-1-3-6-16/h1-13,15H,14H2,(H2,23,25). The molecule has 3 rings (SSSR count). The summed E-state index contributed by atoms with van der Waals surface area (Å²) in [6.07, 6.45) is 5.32. The number of rotatable bonds is 7. The van der Waals surface area contributed by atoms with Gasteiger partial charge in [-0.2, -0.15) is 0 Å². The molecule has 0 amide bonds. The van der Waals surface area contributed by atoms with E-state index in [4.69, 9.17) is 15.3 Å². The first kappa shape index (κ1) is 18.1. The number of halogens is 1. The minimum Gasteiger partial charge on any atom is -0.439 e. The van der Waals surface area contributed by atoms with Crippen LogP contribution in [0, 0.1) is 5.82 Å². The van der Waals surface area contributed by atoms with Crippen LogP contribution in [-0.4, -0.2) is 17.4 Å². The summed E-state index contributed by atoms with van der Waals surface area (Å²) in [5.74, 6) is 0.744. The summed E-state index contributed by atoms with van der Waals surface area (Å²) in [6, 6.07) is 18.9. The molecule has 136 valence electrons. The third-order valence-corrected chi connectivity index (χ3v) is 3.51. The smallest absolute Gasteiger partial charge is 0.219 e. The zero-order valence-electron chi connectivity index (χ0n) is 14.5. The molecule has 2 aromatic carbocycles. The molecular formula is C21H18FN3O2. The van der Waals surface area contributed by atoms with E-state index in [2.05, 4.69) is 10.1 Å². The van der Waals surface area contributed by atoms with Crippen molar-refractivity contribution in [3.63, 3.8) is 0 Å². The van der Waals surface area contributed by atoms with Gasteiger partial charge in [0.15, 0.2) is 5.84 Å². The lowest BCUT2D eigenvalue weighted by Gasteiger charge is -2.05. The van der Waals surface area contributed by atoms with Gasteiger partial charge in [-0.25, -0.2) is 9.37 Å². The minimum atomic E-state index is -0.326. The van der Waals surface area contributed by atoms with Crippen LogP contribution in [0.4, 0.5) is 4.39 Å². The lowest BCUT2D eigenvalue weighted by atomic mass is 10.2. The first-order chi connectivity index (χ1) is 13.2. The summed E-state index contributed by atoms with van der Waals surface area (Å²) in [7, 11) is 0. The molecule has 6 heteroatoms. The van der Waals surface area contributed by atoms with E-state index < -0.39 is 0 Å². The molecule has 0 saturated heterocycles. The van der Waals surface area contributed by atoms with Gasteiger partial charge in [0.1, 0.15) is 18.2 Å². The van der Waals surface area contributed by atoms with Crippen LogP contribution in [0.1, 0.15) is 11.1 Å². The Morgan fingerprint density at radius 2 is 1.81 bits per heavy atom. The first-order valence-corrected chi connectivity index (χ1v) is 8.27. The average Bonchev–Trinajstić information content (AvgIpc) is 2.71. The van der Waals surface area contributed by atoms with Crippen molar-refractivity contribution in [3.05, 3.63) is 95.9 Å². The molecule has 2 N–H and O–H groups in total. The van der Waals surface area contributed by atoms with Crippen molar-refractivity contribution in [2.24, 2.45) is 10.9 Å². The number of benzene rings is 2. The number of nitrogens with two attached hydrogens (primary N) is 1. The number of hydrogen-bond acceptors (Lipinski definition) is 4. The molecule has 1 heterocycles. The fourth-order valence-electron chi connectivity index (χ4n) is 2.17. The maximum Gasteiger partial charge on any atom is 0.219 e. The van der Waals surface area contributed by atoms with Crippen LogP contribution in [0.15, 0.2) is 84.2 Å². The molecule has 5 nitrogen and oxygen atoms in total. The van der Waals surface area contributed by atoms with Crippen LogP contribution in [-0.2, 0) is 4.84 Å². The van der Waals surface area contributed by atoms with Crippen molar-refractivity contribution in [1.29, 1.82) is 0 Å². The van der Waals surface area contributed by atoms with E-state index in [0.29, 0.717) is 23.8 Å². The minimum absolute atomic E-state index is 0.212. The van der Waals surface area contributed by atoms with Gasteiger partial charge >= 0.3 is 0 Å². The van der Waals surface area contributed by atoms with Crippen molar-refractivity contribution in [2.75, 3.05) is 6.61 Å². The third kappa shape index (κ3) is 5.67. The van der Waals surface area contributed by atoms with Gasteiger partial charge in [-0.15, -0.1) is 0 Å². The second-order valence-corrected chi connectivity index (χ2v) is 5.53. The van der Waals surface area contributed by atoms with Crippen LogP contribution in [0.25, 0.3) is 6.08 Å². The highest BCUT2D eigenvalue weighted by atomic mass is 19.1. The monoisotopic (exact) mass is 363 g/mol. The Kier molecular flexibility index (Phi) is 6.14. The zero-order chi connectivity index (χ0) is 18.9. The maximum atomic E-state index is 12.9. The summed E-state index contributed by atoms with van der Waals surface area (Å²) in [5.41, 5.74) is 7.57. The van der Waals surface area contributed by atoms with Gasteiger partial charge in [0.05, 0.1) is 0 Å². The summed E-state index contributed by atoms with van der Waals surface area (Å²) >= 11 is 0. The maximum absolute atomic E-state index is 12.9. The number of amidine groups is 1. The first-order valence-electron chi connectivity index (χ1n) is 8.27. The van der Waals surface area contributed by atoms with E-state index in [9.17, 15) is 4.39 Å². The SMILES string of the molecule is NC(=NOCC=Cc1ccccc1)c1ccc(Oc2ccc(F)cc2)nc1. The molecule has 0 spiro atoms. The average molecular weight is 363 g/mol. The van der Waals surface area contributed by atoms with E-state index in [1.807, 2.05) is 42.5 Å². The van der Waals surface area contributed by atoms with E-state index in [-0.39, 0.29) is 11.7 Å². The summed E-state index contributed by atoms with van der Waals surface area (Å²) in [4.78, 5) is 9.35. The number of hydrogen-bond donors (Lipinski definition) is 1. The number of ether oxygens (including phenoxy) is 1. The quantitative estimate of drug-likeness (QED) is 0.293. The Morgan fingerprint density at radius 1 is 1.04 bits per heavy atom. The molecule has 0 fully saturated rings. The molecule has 0 aliphatic carbocycles. The number of oxime groups is 1. The van der Waals surface area contributed by atoms with Crippen molar-refractivity contribution in [2.45, 2.75) is 0 Å². The van der Waals surface area contributed by atoms with Crippen molar-refractivity contribution in [1.82, 2.24) is 4.98 Å². The van der Waals surface area contributed by atoms with Crippen LogP contribution < -0.4 is 10.5 Å². The van der Waals surface area contributed by atoms with Crippen LogP contribution in [0.2, 0.25) is 0 Å². The third-order valence-electron chi connectivity index (χ3n) is 3.51. The van der Waals surface area contributed by atoms with Gasteiger partial charge in [-0.3, -0.25) is 0 Å². The second kappa shape index (κ2) is 9.15. The van der Waals surface area contributed by atoms with Crippen molar-refractivity contribution < 1.29 is 14.0 Å². The highest BCUT2D eigenvalue weighted by Gasteiger charge is 2.03. The molecular weight excluding hydrogens is 345 g/mol. The predicted octanol–water partition coefficient (Wildman–Crippen LogP) is 4.36. The highest BCUT2D eigenvalue weighted by Crippen LogP contribution is 2.19. The number of pyridine rings is 1. The van der Waals surface area contributed by atoms with Gasteiger partial charge in [0.2, 0.25) is 5.88 Å². The van der Waals surface area contributed by atoms with Gasteiger partial charge in [0, 0.05) is 17.8 Å². The normalized spacial score (nSPS) is 11.5. The zero-order valence-corrected chi connectivity index (χ0v) is 14.5. The fraction of sp³-hybridized carbons (Fsp3) is 0.0476. The molecule has 0 atom stereocenters. The predicted molar refractivity (Wildman–Crippen MR) is 103 cm³/mol. The Morgan fingerprint density at radius 3 is 2.52 bits per heavy atom. The summed E-state index contributed by atoms with van der Waals surface area (Å²) < 4.78 is 18.4. The van der Waals surface area contributed by atoms with Gasteiger partial charge in [-0.1, -0.05) is 41.6 Å². The van der Waals surface area contributed by atoms with Crippen LogP contribution >= 0.6 is 0 Å². The lowest BCUT2D eigenvalue weighted by Crippen LogP contribution is -2.14. The molecule has 0 aliphatic heterocycles. The summed E-state index contributed by atoms with van der Waals surface area (Å²) in [5, 5.41) is 3.87. The molecule has 0 saturated carbocycles. The molecule has 27 heavy (non-hydrogen) atoms. The highest BCUT2D eigenvalue weighted by molar-refractivity contribution is 5.96. The number of nitrogens with zero attached hydrogens (tertiary/aromatic N) is 2. The Bertz CT molecular complexity index is 908. The Balaban J connectivity index is 1.52. The molecule has 0 radical (unpaired) electrons. The molecule has 0 unspecified atom stereocenters. The van der Waals surface area contributed by atoms with Gasteiger partial charge in [-0.05, 0) is 42.0 Å². The van der Waals surface area contributed by atoms with E-state index in [1.165, 1.54) is 30.5 Å². The molecule has 0 bridgehead atoms. The largest absolute Gasteiger partial charge is 0.439 e. The number of aromatic nitrogens is 1. The van der Waals surface area contributed by atoms with E-state index in [1.54, 1.807) is 12.1 Å². The summed E-state index contributed by atoms with van der Waals surface area (Å²) in [6.45, 7) is 0.300. The van der Waals surface area contributed by atoms with E-state index in [0.717, 1.165) is 5.56 Å². The molecule has 0 aliphatic rings. The second-order valence-electron chi connectivity index (χ2n) is 5.53. The van der Waals surface area contributed by atoms with Gasteiger partial charge in [0.25, 0.3) is 0 Å². The molecule has 1 aromatic heterocycles. The Labute approximate surface area is 156 Å². The lowest BCUT2D eigenvalue weighted by molar-refractivity contribution is 0.175. The Hall–Kier alpha value is -3.67. The van der Waals surface area contributed by atoms with Crippen LogP contribution in [0.3, 0.4) is 0 Å². The fourth-order valence-corrected chi connectivity index (χ4v) is 2.17. The van der Waals surface area contributed by atoms with Gasteiger partial charge < -0.3 is 15.3 Å². The van der Waals surface area contributed by atoms with Crippen molar-refractivity contribution >= 4 is 11.9 Å². The van der Waals surface area contributed by atoms with E-state index >= 15 is 0 Å². The van der Waals surface area contributed by atoms with Crippen molar-refractivity contribution in [3.8, 4) is 11.6 Å². The molecule has 3 aromatic rings.